The molecule has 0 bridgehead atoms. The van der Waals surface area contributed by atoms with Crippen LogP contribution in [0.5, 0.6) is 17.2 Å². The molecule has 1 N–H and O–H groups in total. The van der Waals surface area contributed by atoms with Crippen LogP contribution >= 0.6 is 27.3 Å². The highest BCUT2D eigenvalue weighted by Gasteiger charge is 2.34. The van der Waals surface area contributed by atoms with E-state index >= 15 is 0 Å². The molecular formula is C26H24BrN3O8S. The van der Waals surface area contributed by atoms with E-state index in [-0.39, 0.29) is 38.2 Å². The van der Waals surface area contributed by atoms with Crippen molar-refractivity contribution in [2.24, 2.45) is 4.99 Å². The summed E-state index contributed by atoms with van der Waals surface area (Å²) in [6, 6.07) is 6.55. The van der Waals surface area contributed by atoms with Crippen LogP contribution in [0.1, 0.15) is 37.9 Å². The molecule has 0 fully saturated rings. The van der Waals surface area contributed by atoms with Crippen LogP contribution in [0.2, 0.25) is 0 Å². The van der Waals surface area contributed by atoms with Crippen molar-refractivity contribution in [3.63, 3.8) is 0 Å². The van der Waals surface area contributed by atoms with Crippen molar-refractivity contribution in [2.75, 3.05) is 20.3 Å². The summed E-state index contributed by atoms with van der Waals surface area (Å²) >= 11 is 4.15. The molecule has 13 heteroatoms. The third kappa shape index (κ3) is 5.32. The van der Waals surface area contributed by atoms with E-state index in [9.17, 15) is 24.8 Å². The molecule has 1 aliphatic rings. The second-order valence-corrected chi connectivity index (χ2v) is 10.1. The third-order valence-corrected chi connectivity index (χ3v) is 7.48. The molecule has 1 aliphatic heterocycles. The number of benzene rings is 2. The van der Waals surface area contributed by atoms with E-state index in [0.717, 1.165) is 11.3 Å². The predicted molar refractivity (Wildman–Crippen MR) is 147 cm³/mol. The smallest absolute Gasteiger partial charge is 0.338 e. The number of phenols is 1. The Labute approximate surface area is 234 Å². The molecule has 3 aromatic rings. The fourth-order valence-electron chi connectivity index (χ4n) is 4.20. The number of halogens is 1. The summed E-state index contributed by atoms with van der Waals surface area (Å²) in [5.74, 6) is 0.0388. The minimum Gasteiger partial charge on any atom is -0.506 e. The van der Waals surface area contributed by atoms with Crippen molar-refractivity contribution < 1.29 is 29.0 Å². The molecule has 1 aromatic heterocycles. The first kappa shape index (κ1) is 28.0. The number of carbonyl (C=O) groups excluding carboxylic acids is 1. The summed E-state index contributed by atoms with van der Waals surface area (Å²) in [6.07, 6.45) is 1.36. The van der Waals surface area contributed by atoms with Gasteiger partial charge in [-0.1, -0.05) is 17.4 Å². The van der Waals surface area contributed by atoms with Gasteiger partial charge in [-0.05, 0) is 60.5 Å². The normalized spacial score (nSPS) is 15.0. The number of non-ortho nitro benzene ring substituents is 1. The van der Waals surface area contributed by atoms with Crippen molar-refractivity contribution in [3.05, 3.63) is 87.0 Å². The number of aromatic nitrogens is 1. The third-order valence-electron chi connectivity index (χ3n) is 5.90. The van der Waals surface area contributed by atoms with Gasteiger partial charge < -0.3 is 19.3 Å². The SMILES string of the molecule is CCOC(=O)C1=C(C)N=c2s/c(=C\c3cc([N+](=O)[O-])cc(Br)c3O)c(=O)n2[C@@H]1c1ccc(OC)c(OCC)c1. The van der Waals surface area contributed by atoms with Gasteiger partial charge in [-0.15, -0.1) is 0 Å². The summed E-state index contributed by atoms with van der Waals surface area (Å²) in [7, 11) is 1.51. The minimum atomic E-state index is -0.905. The van der Waals surface area contributed by atoms with E-state index in [0.29, 0.717) is 34.2 Å². The number of fused-ring (bicyclic) bond motifs is 1. The number of methoxy groups -OCH3 is 1. The molecule has 2 heterocycles. The second-order valence-electron chi connectivity index (χ2n) is 8.27. The maximum absolute atomic E-state index is 13.8. The first-order chi connectivity index (χ1) is 18.6. The molecule has 1 atom stereocenters. The lowest BCUT2D eigenvalue weighted by Crippen LogP contribution is -2.40. The molecule has 11 nitrogen and oxygen atoms in total. The minimum absolute atomic E-state index is 0.0716. The number of nitro benzene ring substituents is 1. The predicted octanol–water partition coefficient (Wildman–Crippen LogP) is 3.58. The zero-order valence-electron chi connectivity index (χ0n) is 21.4. The van der Waals surface area contributed by atoms with Crippen LogP contribution in [0.3, 0.4) is 0 Å². The average Bonchev–Trinajstić information content (AvgIpc) is 3.20. The molecule has 39 heavy (non-hydrogen) atoms. The fourth-order valence-corrected chi connectivity index (χ4v) is 5.70. The summed E-state index contributed by atoms with van der Waals surface area (Å²) in [5.41, 5.74) is 0.422. The number of ether oxygens (including phenoxy) is 3. The summed E-state index contributed by atoms with van der Waals surface area (Å²) in [5, 5.41) is 21.9. The van der Waals surface area contributed by atoms with E-state index in [4.69, 9.17) is 14.2 Å². The van der Waals surface area contributed by atoms with E-state index in [1.54, 1.807) is 32.0 Å². The van der Waals surface area contributed by atoms with Crippen molar-refractivity contribution >= 4 is 45.0 Å². The molecule has 0 saturated heterocycles. The standard InChI is InChI=1S/C26H24BrN3O8S/c1-5-37-19-10-14(7-8-18(19)36-4)22-21(25(33)38-6-2)13(3)28-26-29(22)24(32)20(39-26)11-15-9-16(30(34)35)12-17(27)23(15)31/h7-12,22,31H,5-6H2,1-4H3/b20-11-/t22-/m1/s1. The molecule has 0 spiro atoms. The lowest BCUT2D eigenvalue weighted by molar-refractivity contribution is -0.385. The number of phenolic OH excluding ortho intramolecular Hbond substituents is 1. The van der Waals surface area contributed by atoms with Gasteiger partial charge in [0.2, 0.25) is 0 Å². The molecule has 0 amide bonds. The number of thiazole rings is 1. The maximum atomic E-state index is 13.8. The Hall–Kier alpha value is -3.97. The Balaban J connectivity index is 2.00. The number of hydrogen-bond donors (Lipinski definition) is 1. The van der Waals surface area contributed by atoms with Gasteiger partial charge in [0.1, 0.15) is 5.75 Å². The van der Waals surface area contributed by atoms with Crippen LogP contribution in [0.15, 0.2) is 55.9 Å². The molecular weight excluding hydrogens is 594 g/mol. The van der Waals surface area contributed by atoms with Gasteiger partial charge in [0.05, 0.1) is 51.6 Å². The number of nitrogens with zero attached hydrogens (tertiary/aromatic N) is 3. The van der Waals surface area contributed by atoms with Crippen LogP contribution in [0.25, 0.3) is 6.08 Å². The topological polar surface area (TPSA) is 142 Å². The largest absolute Gasteiger partial charge is 0.506 e. The van der Waals surface area contributed by atoms with Crippen LogP contribution < -0.4 is 24.4 Å². The molecule has 204 valence electrons. The number of esters is 1. The average molecular weight is 618 g/mol. The molecule has 0 radical (unpaired) electrons. The summed E-state index contributed by atoms with van der Waals surface area (Å²) in [6.45, 7) is 5.66. The van der Waals surface area contributed by atoms with Crippen LogP contribution in [0, 0.1) is 10.1 Å². The number of allylic oxidation sites excluding steroid dienone is 1. The van der Waals surface area contributed by atoms with Crippen molar-refractivity contribution in [2.45, 2.75) is 26.8 Å². The quantitative estimate of drug-likeness (QED) is 0.229. The molecule has 4 rings (SSSR count). The zero-order valence-corrected chi connectivity index (χ0v) is 23.8. The number of nitro groups is 1. The fraction of sp³-hybridized carbons (Fsp3) is 0.269. The Morgan fingerprint density at radius 2 is 2.00 bits per heavy atom. The molecule has 0 aliphatic carbocycles. The Morgan fingerprint density at radius 1 is 1.26 bits per heavy atom. The molecule has 0 unspecified atom stereocenters. The maximum Gasteiger partial charge on any atom is 0.338 e. The molecule has 0 saturated carbocycles. The number of hydrogen-bond acceptors (Lipinski definition) is 10. The van der Waals surface area contributed by atoms with Gasteiger partial charge in [-0.3, -0.25) is 19.5 Å². The summed E-state index contributed by atoms with van der Waals surface area (Å²) < 4.78 is 18.1. The lowest BCUT2D eigenvalue weighted by atomic mass is 9.95. The first-order valence-corrected chi connectivity index (χ1v) is 13.4. The first-order valence-electron chi connectivity index (χ1n) is 11.8. The highest BCUT2D eigenvalue weighted by molar-refractivity contribution is 9.10. The summed E-state index contributed by atoms with van der Waals surface area (Å²) in [4.78, 5) is 42.5. The van der Waals surface area contributed by atoms with E-state index in [1.807, 2.05) is 6.92 Å². The zero-order chi connectivity index (χ0) is 28.4. The van der Waals surface area contributed by atoms with Gasteiger partial charge >= 0.3 is 5.97 Å². The Kier molecular flexibility index (Phi) is 8.21. The van der Waals surface area contributed by atoms with Crippen LogP contribution in [-0.2, 0) is 9.53 Å². The monoisotopic (exact) mass is 617 g/mol. The van der Waals surface area contributed by atoms with E-state index < -0.39 is 22.5 Å². The van der Waals surface area contributed by atoms with Crippen LogP contribution in [-0.4, -0.2) is 40.9 Å². The van der Waals surface area contributed by atoms with Crippen molar-refractivity contribution in [1.82, 2.24) is 4.57 Å². The molecule has 2 aromatic carbocycles. The van der Waals surface area contributed by atoms with Gasteiger partial charge in [0.15, 0.2) is 16.3 Å². The number of carbonyl (C=O) groups is 1. The highest BCUT2D eigenvalue weighted by Crippen LogP contribution is 2.36. The van der Waals surface area contributed by atoms with E-state index in [1.165, 1.54) is 29.9 Å². The van der Waals surface area contributed by atoms with Gasteiger partial charge in [0, 0.05) is 17.7 Å². The highest BCUT2D eigenvalue weighted by atomic mass is 79.9. The Morgan fingerprint density at radius 3 is 2.64 bits per heavy atom. The van der Waals surface area contributed by atoms with Gasteiger partial charge in [0.25, 0.3) is 11.2 Å². The van der Waals surface area contributed by atoms with Crippen molar-refractivity contribution in [1.29, 1.82) is 0 Å². The second kappa shape index (κ2) is 11.4. The van der Waals surface area contributed by atoms with Crippen LogP contribution in [0.4, 0.5) is 5.69 Å². The number of aromatic hydroxyl groups is 1. The number of rotatable bonds is 8. The van der Waals surface area contributed by atoms with Gasteiger partial charge in [-0.2, -0.15) is 0 Å². The van der Waals surface area contributed by atoms with E-state index in [2.05, 4.69) is 20.9 Å². The Bertz CT molecular complexity index is 1690. The van der Waals surface area contributed by atoms with Crippen molar-refractivity contribution in [3.8, 4) is 17.2 Å². The lowest BCUT2D eigenvalue weighted by Gasteiger charge is -2.25. The van der Waals surface area contributed by atoms with Gasteiger partial charge in [-0.25, -0.2) is 9.79 Å².